The zero-order valence-electron chi connectivity index (χ0n) is 6.41. The molecule has 0 amide bonds. The lowest BCUT2D eigenvalue weighted by Crippen LogP contribution is -2.04. The molecule has 1 atom stereocenters. The summed E-state index contributed by atoms with van der Waals surface area (Å²) in [4.78, 5) is 7.71. The van der Waals surface area contributed by atoms with Gasteiger partial charge in [0.25, 0.3) is 0 Å². The van der Waals surface area contributed by atoms with E-state index in [0.29, 0.717) is 6.42 Å². The quantitative estimate of drug-likeness (QED) is 0.686. The summed E-state index contributed by atoms with van der Waals surface area (Å²) < 4.78 is 0. The Morgan fingerprint density at radius 1 is 1.73 bits per heavy atom. The van der Waals surface area contributed by atoms with E-state index in [9.17, 15) is 0 Å². The normalized spacial score (nSPS) is 12.9. The molecule has 0 radical (unpaired) electrons. The van der Waals surface area contributed by atoms with E-state index in [4.69, 9.17) is 11.5 Å². The zero-order chi connectivity index (χ0) is 8.27. The van der Waals surface area contributed by atoms with Crippen molar-refractivity contribution in [3.8, 4) is 0 Å². The molecule has 11 heavy (non-hydrogen) atoms. The van der Waals surface area contributed by atoms with Gasteiger partial charge in [-0.1, -0.05) is 6.92 Å². The fourth-order valence-electron chi connectivity index (χ4n) is 0.840. The summed E-state index contributed by atoms with van der Waals surface area (Å²) in [7, 11) is 0. The maximum Gasteiger partial charge on any atom is 0.220 e. The van der Waals surface area contributed by atoms with Crippen molar-refractivity contribution in [1.82, 2.24) is 9.97 Å². The Morgan fingerprint density at radius 2 is 2.45 bits per heavy atom. The van der Waals surface area contributed by atoms with Crippen LogP contribution in [0, 0.1) is 0 Å². The molecule has 4 heteroatoms. The van der Waals surface area contributed by atoms with E-state index in [2.05, 4.69) is 9.97 Å². The third-order valence-electron chi connectivity index (χ3n) is 1.25. The number of anilines is 1. The van der Waals surface area contributed by atoms with E-state index >= 15 is 0 Å². The summed E-state index contributed by atoms with van der Waals surface area (Å²) in [5, 5.41) is 0. The molecule has 0 saturated heterocycles. The van der Waals surface area contributed by atoms with Gasteiger partial charge in [0.2, 0.25) is 5.95 Å². The third kappa shape index (κ3) is 2.51. The maximum atomic E-state index is 7.28. The highest BCUT2D eigenvalue weighted by molar-refractivity contribution is 5.17. The highest BCUT2D eigenvalue weighted by Gasteiger charge is 1.94. The van der Waals surface area contributed by atoms with Gasteiger partial charge >= 0.3 is 0 Å². The first-order valence-corrected chi connectivity index (χ1v) is 3.47. The SMILES string of the molecule is CC([NH-])Cc1ccnc(N)n1. The van der Waals surface area contributed by atoms with Crippen LogP contribution in [0.5, 0.6) is 0 Å². The molecule has 0 aromatic carbocycles. The molecule has 1 heterocycles. The Morgan fingerprint density at radius 3 is 3.00 bits per heavy atom. The van der Waals surface area contributed by atoms with Gasteiger partial charge in [-0.05, 0) is 12.5 Å². The first-order valence-electron chi connectivity index (χ1n) is 3.47. The van der Waals surface area contributed by atoms with Crippen molar-refractivity contribution in [1.29, 1.82) is 0 Å². The maximum absolute atomic E-state index is 7.28. The summed E-state index contributed by atoms with van der Waals surface area (Å²) in [6.07, 6.45) is 2.24. The number of nitrogens with two attached hydrogens (primary N) is 1. The molecule has 0 aliphatic heterocycles. The van der Waals surface area contributed by atoms with Gasteiger partial charge in [0.1, 0.15) is 0 Å². The average Bonchev–Trinajstić information content (AvgIpc) is 1.85. The van der Waals surface area contributed by atoms with Crippen LogP contribution in [0.2, 0.25) is 0 Å². The first-order chi connectivity index (χ1) is 5.18. The first kappa shape index (κ1) is 7.94. The van der Waals surface area contributed by atoms with Gasteiger partial charge in [0, 0.05) is 11.9 Å². The van der Waals surface area contributed by atoms with Crippen LogP contribution in [0.3, 0.4) is 0 Å². The van der Waals surface area contributed by atoms with Crippen molar-refractivity contribution in [3.63, 3.8) is 0 Å². The minimum absolute atomic E-state index is 0.135. The van der Waals surface area contributed by atoms with Gasteiger partial charge in [0.05, 0.1) is 0 Å². The van der Waals surface area contributed by atoms with Crippen molar-refractivity contribution in [2.45, 2.75) is 19.4 Å². The highest BCUT2D eigenvalue weighted by Crippen LogP contribution is 2.01. The molecule has 0 aliphatic carbocycles. The molecule has 3 N–H and O–H groups in total. The molecule has 1 aromatic rings. The Kier molecular flexibility index (Phi) is 2.38. The van der Waals surface area contributed by atoms with Gasteiger partial charge in [-0.25, -0.2) is 9.97 Å². The monoisotopic (exact) mass is 151 g/mol. The second-order valence-electron chi connectivity index (χ2n) is 2.51. The molecule has 1 rings (SSSR count). The van der Waals surface area contributed by atoms with Crippen LogP contribution in [-0.4, -0.2) is 16.0 Å². The summed E-state index contributed by atoms with van der Waals surface area (Å²) in [6.45, 7) is 1.82. The van der Waals surface area contributed by atoms with Gasteiger partial charge in [-0.15, -0.1) is 6.04 Å². The summed E-state index contributed by atoms with van der Waals surface area (Å²) in [5.41, 5.74) is 13.5. The van der Waals surface area contributed by atoms with Crippen molar-refractivity contribution in [2.75, 3.05) is 5.73 Å². The number of nitrogens with one attached hydrogen (secondary N) is 1. The van der Waals surface area contributed by atoms with E-state index in [1.165, 1.54) is 0 Å². The lowest BCUT2D eigenvalue weighted by Gasteiger charge is -2.11. The minimum atomic E-state index is -0.135. The molecule has 1 aromatic heterocycles. The van der Waals surface area contributed by atoms with Gasteiger partial charge in [0.15, 0.2) is 0 Å². The number of aromatic nitrogens is 2. The number of hydrogen-bond donors (Lipinski definition) is 1. The third-order valence-corrected chi connectivity index (χ3v) is 1.25. The lowest BCUT2D eigenvalue weighted by molar-refractivity contribution is 0.822. The van der Waals surface area contributed by atoms with Crippen LogP contribution in [-0.2, 0) is 6.42 Å². The number of hydrogen-bond acceptors (Lipinski definition) is 3. The van der Waals surface area contributed by atoms with E-state index < -0.39 is 0 Å². The predicted molar refractivity (Wildman–Crippen MR) is 43.9 cm³/mol. The molecule has 0 spiro atoms. The van der Waals surface area contributed by atoms with E-state index in [-0.39, 0.29) is 12.0 Å². The average molecular weight is 151 g/mol. The summed E-state index contributed by atoms with van der Waals surface area (Å²) >= 11 is 0. The zero-order valence-corrected chi connectivity index (χ0v) is 6.41. The van der Waals surface area contributed by atoms with Crippen LogP contribution in [0.25, 0.3) is 5.73 Å². The van der Waals surface area contributed by atoms with Crippen molar-refractivity contribution >= 4 is 5.95 Å². The van der Waals surface area contributed by atoms with Crippen LogP contribution in [0.4, 0.5) is 5.95 Å². The van der Waals surface area contributed by atoms with Crippen LogP contribution in [0.1, 0.15) is 12.6 Å². The van der Waals surface area contributed by atoms with E-state index in [1.54, 1.807) is 12.3 Å². The lowest BCUT2D eigenvalue weighted by atomic mass is 10.2. The van der Waals surface area contributed by atoms with Crippen molar-refractivity contribution < 1.29 is 0 Å². The Balaban J connectivity index is 2.71. The fourth-order valence-corrected chi connectivity index (χ4v) is 0.840. The molecular weight excluding hydrogens is 140 g/mol. The van der Waals surface area contributed by atoms with Crippen LogP contribution < -0.4 is 5.73 Å². The van der Waals surface area contributed by atoms with Crippen LogP contribution in [0.15, 0.2) is 12.3 Å². The number of nitrogens with zero attached hydrogens (tertiary/aromatic N) is 2. The second kappa shape index (κ2) is 3.30. The van der Waals surface area contributed by atoms with Crippen molar-refractivity contribution in [2.24, 2.45) is 0 Å². The van der Waals surface area contributed by atoms with Gasteiger partial charge < -0.3 is 11.5 Å². The van der Waals surface area contributed by atoms with E-state index in [0.717, 1.165) is 5.69 Å². The molecule has 0 fully saturated rings. The molecule has 0 bridgehead atoms. The number of rotatable bonds is 2. The molecule has 0 aliphatic rings. The Hall–Kier alpha value is -1.16. The molecular formula is C7H11N4-. The molecule has 4 nitrogen and oxygen atoms in total. The number of nitrogen functional groups attached to an aromatic ring is 1. The van der Waals surface area contributed by atoms with Crippen LogP contribution >= 0.6 is 0 Å². The predicted octanol–water partition coefficient (Wildman–Crippen LogP) is 1.04. The minimum Gasteiger partial charge on any atom is -0.675 e. The van der Waals surface area contributed by atoms with Gasteiger partial charge in [-0.2, -0.15) is 0 Å². The fraction of sp³-hybridized carbons (Fsp3) is 0.429. The molecule has 60 valence electrons. The van der Waals surface area contributed by atoms with Crippen molar-refractivity contribution in [3.05, 3.63) is 23.7 Å². The molecule has 0 saturated carbocycles. The summed E-state index contributed by atoms with van der Waals surface area (Å²) in [6, 6.07) is 1.64. The second-order valence-corrected chi connectivity index (χ2v) is 2.51. The van der Waals surface area contributed by atoms with E-state index in [1.807, 2.05) is 6.92 Å². The topological polar surface area (TPSA) is 75.6 Å². The standard InChI is InChI=1S/C7H11N4/c1-5(8)4-6-2-3-10-7(9)11-6/h2-3,5,8H,4H2,1H3,(H2,9,10,11)/q-1. The highest BCUT2D eigenvalue weighted by atomic mass is 15.0. The Labute approximate surface area is 65.6 Å². The largest absolute Gasteiger partial charge is 0.675 e. The molecule has 1 unspecified atom stereocenters. The Bertz CT molecular complexity index is 234. The summed E-state index contributed by atoms with van der Waals surface area (Å²) in [5.74, 6) is 0.281. The smallest absolute Gasteiger partial charge is 0.220 e. The van der Waals surface area contributed by atoms with Gasteiger partial charge in [-0.3, -0.25) is 0 Å².